The van der Waals surface area contributed by atoms with Crippen molar-refractivity contribution in [2.24, 2.45) is 5.10 Å². The average Bonchev–Trinajstić information content (AvgIpc) is 2.79. The maximum Gasteiger partial charge on any atom is 0.343 e. The number of amides is 2. The van der Waals surface area contributed by atoms with E-state index in [1.807, 2.05) is 19.1 Å². The molecule has 3 aromatic carbocycles. The van der Waals surface area contributed by atoms with Crippen LogP contribution in [0.2, 0.25) is 5.02 Å². The summed E-state index contributed by atoms with van der Waals surface area (Å²) >= 11 is 5.83. The minimum Gasteiger partial charge on any atom is -0.422 e. The van der Waals surface area contributed by atoms with Gasteiger partial charge in [-0.25, -0.2) is 10.2 Å². The number of esters is 1. The van der Waals surface area contributed by atoms with Crippen LogP contribution in [0.5, 0.6) is 5.75 Å². The Bertz CT molecular complexity index is 1140. The van der Waals surface area contributed by atoms with Crippen LogP contribution in [-0.2, 0) is 4.79 Å². The Morgan fingerprint density at radius 1 is 0.938 bits per heavy atom. The summed E-state index contributed by atoms with van der Waals surface area (Å²) in [5, 5.41) is 6.91. The highest BCUT2D eigenvalue weighted by Crippen LogP contribution is 2.18. The summed E-state index contributed by atoms with van der Waals surface area (Å²) in [4.78, 5) is 36.3. The van der Waals surface area contributed by atoms with E-state index < -0.39 is 11.9 Å². The van der Waals surface area contributed by atoms with E-state index in [0.29, 0.717) is 21.7 Å². The summed E-state index contributed by atoms with van der Waals surface area (Å²) in [6.07, 6.45) is 1.35. The Balaban J connectivity index is 1.54. The topological polar surface area (TPSA) is 96.9 Å². The Hall–Kier alpha value is -3.97. The summed E-state index contributed by atoms with van der Waals surface area (Å²) in [5.74, 6) is -1.13. The molecule has 0 saturated carbocycles. The molecule has 2 N–H and O–H groups in total. The van der Waals surface area contributed by atoms with Gasteiger partial charge >= 0.3 is 5.97 Å². The van der Waals surface area contributed by atoms with Crippen molar-refractivity contribution in [3.8, 4) is 5.75 Å². The first-order valence-electron chi connectivity index (χ1n) is 9.66. The maximum absolute atomic E-state index is 12.3. The number of aryl methyl sites for hydroxylation is 1. The zero-order valence-corrected chi connectivity index (χ0v) is 17.9. The van der Waals surface area contributed by atoms with Gasteiger partial charge in [0.2, 0.25) is 0 Å². The SMILES string of the molecule is Cc1ccc(C(=O)NCC(=O)N/N=C\c2ccccc2OC(=O)c2ccc(Cl)cc2)cc1. The lowest BCUT2D eigenvalue weighted by Crippen LogP contribution is -2.34. The molecule has 0 saturated heterocycles. The van der Waals surface area contributed by atoms with Gasteiger partial charge in [-0.2, -0.15) is 5.10 Å². The third-order valence-corrected chi connectivity index (χ3v) is 4.57. The van der Waals surface area contributed by atoms with E-state index >= 15 is 0 Å². The van der Waals surface area contributed by atoms with E-state index in [1.54, 1.807) is 60.7 Å². The van der Waals surface area contributed by atoms with E-state index in [9.17, 15) is 14.4 Å². The Morgan fingerprint density at radius 3 is 2.31 bits per heavy atom. The van der Waals surface area contributed by atoms with Crippen LogP contribution in [0, 0.1) is 6.92 Å². The fourth-order valence-corrected chi connectivity index (χ4v) is 2.73. The molecule has 32 heavy (non-hydrogen) atoms. The number of rotatable bonds is 7. The Labute approximate surface area is 190 Å². The first kappa shape index (κ1) is 22.7. The molecule has 8 heteroatoms. The second-order valence-electron chi connectivity index (χ2n) is 6.78. The number of benzene rings is 3. The molecule has 0 fully saturated rings. The number of para-hydroxylation sites is 1. The molecule has 0 aliphatic rings. The third-order valence-electron chi connectivity index (χ3n) is 4.32. The largest absolute Gasteiger partial charge is 0.422 e. The van der Waals surface area contributed by atoms with Crippen molar-refractivity contribution < 1.29 is 19.1 Å². The lowest BCUT2D eigenvalue weighted by atomic mass is 10.1. The fourth-order valence-electron chi connectivity index (χ4n) is 2.61. The minimum atomic E-state index is -0.551. The van der Waals surface area contributed by atoms with Crippen molar-refractivity contribution >= 4 is 35.6 Å². The molecular weight excluding hydrogens is 430 g/mol. The van der Waals surface area contributed by atoms with Gasteiger partial charge in [0.1, 0.15) is 5.75 Å². The molecule has 162 valence electrons. The number of carbonyl (C=O) groups is 3. The Morgan fingerprint density at radius 2 is 1.59 bits per heavy atom. The highest BCUT2D eigenvalue weighted by Gasteiger charge is 2.11. The molecule has 3 rings (SSSR count). The van der Waals surface area contributed by atoms with Crippen molar-refractivity contribution in [1.82, 2.24) is 10.7 Å². The first-order valence-corrected chi connectivity index (χ1v) is 10.0. The quantitative estimate of drug-likeness (QED) is 0.248. The van der Waals surface area contributed by atoms with Crippen molar-refractivity contribution in [2.45, 2.75) is 6.92 Å². The number of halogens is 1. The third kappa shape index (κ3) is 6.52. The monoisotopic (exact) mass is 449 g/mol. The number of hydrazone groups is 1. The van der Waals surface area contributed by atoms with Crippen LogP contribution in [0.25, 0.3) is 0 Å². The minimum absolute atomic E-state index is 0.239. The van der Waals surface area contributed by atoms with Crippen LogP contribution in [0.15, 0.2) is 77.9 Å². The normalized spacial score (nSPS) is 10.6. The summed E-state index contributed by atoms with van der Waals surface area (Å²) in [7, 11) is 0. The molecule has 0 heterocycles. The van der Waals surface area contributed by atoms with Crippen molar-refractivity contribution in [2.75, 3.05) is 6.54 Å². The summed E-state index contributed by atoms with van der Waals surface area (Å²) in [6, 6.07) is 20.1. The summed E-state index contributed by atoms with van der Waals surface area (Å²) in [5.41, 5.74) is 4.65. The summed E-state index contributed by atoms with van der Waals surface area (Å²) in [6.45, 7) is 1.68. The van der Waals surface area contributed by atoms with Crippen LogP contribution in [0.3, 0.4) is 0 Å². The molecule has 0 atom stereocenters. The molecule has 2 amide bonds. The van der Waals surface area contributed by atoms with E-state index in [0.717, 1.165) is 5.56 Å². The molecular formula is C24H20ClN3O4. The van der Waals surface area contributed by atoms with Crippen molar-refractivity contribution in [3.63, 3.8) is 0 Å². The highest BCUT2D eigenvalue weighted by atomic mass is 35.5. The van der Waals surface area contributed by atoms with Crippen molar-refractivity contribution in [1.29, 1.82) is 0 Å². The lowest BCUT2D eigenvalue weighted by Gasteiger charge is -2.07. The maximum atomic E-state index is 12.3. The van der Waals surface area contributed by atoms with Gasteiger partial charge in [0.05, 0.1) is 18.3 Å². The molecule has 7 nitrogen and oxygen atoms in total. The molecule has 0 aliphatic heterocycles. The predicted octanol–water partition coefficient (Wildman–Crippen LogP) is 3.75. The molecule has 3 aromatic rings. The van der Waals surface area contributed by atoms with E-state index in [2.05, 4.69) is 15.8 Å². The van der Waals surface area contributed by atoms with Gasteiger partial charge in [0, 0.05) is 16.1 Å². The lowest BCUT2D eigenvalue weighted by molar-refractivity contribution is -0.120. The second kappa shape index (κ2) is 10.9. The van der Waals surface area contributed by atoms with Gasteiger partial charge in [0.15, 0.2) is 0 Å². The number of nitrogens with one attached hydrogen (secondary N) is 2. The van der Waals surface area contributed by atoms with Gasteiger partial charge in [-0.1, -0.05) is 41.4 Å². The predicted molar refractivity (Wildman–Crippen MR) is 122 cm³/mol. The molecule has 0 aliphatic carbocycles. The number of hydrogen-bond acceptors (Lipinski definition) is 5. The van der Waals surface area contributed by atoms with Gasteiger partial charge < -0.3 is 10.1 Å². The van der Waals surface area contributed by atoms with Gasteiger partial charge in [-0.05, 0) is 55.5 Å². The molecule has 0 unspecified atom stereocenters. The van der Waals surface area contributed by atoms with E-state index in [-0.39, 0.29) is 18.2 Å². The number of nitrogens with zero attached hydrogens (tertiary/aromatic N) is 1. The van der Waals surface area contributed by atoms with Crippen LogP contribution < -0.4 is 15.5 Å². The standard InChI is InChI=1S/C24H20ClN3O4/c1-16-6-8-17(9-7-16)23(30)26-15-22(29)28-27-14-19-4-2-3-5-21(19)32-24(31)18-10-12-20(25)13-11-18/h2-14H,15H2,1H3,(H,26,30)(H,28,29)/b27-14-. The molecule has 0 radical (unpaired) electrons. The molecule has 0 spiro atoms. The zero-order chi connectivity index (χ0) is 22.9. The van der Waals surface area contributed by atoms with Crippen LogP contribution in [-0.4, -0.2) is 30.5 Å². The highest BCUT2D eigenvalue weighted by molar-refractivity contribution is 6.30. The van der Waals surface area contributed by atoms with Crippen LogP contribution in [0.1, 0.15) is 31.8 Å². The number of carbonyl (C=O) groups excluding carboxylic acids is 3. The van der Waals surface area contributed by atoms with Crippen LogP contribution >= 0.6 is 11.6 Å². The van der Waals surface area contributed by atoms with E-state index in [4.69, 9.17) is 16.3 Å². The van der Waals surface area contributed by atoms with Gasteiger partial charge in [-0.15, -0.1) is 0 Å². The number of ether oxygens (including phenoxy) is 1. The van der Waals surface area contributed by atoms with Gasteiger partial charge in [0.25, 0.3) is 11.8 Å². The smallest absolute Gasteiger partial charge is 0.343 e. The summed E-state index contributed by atoms with van der Waals surface area (Å²) < 4.78 is 5.42. The Kier molecular flexibility index (Phi) is 7.72. The molecule has 0 aromatic heterocycles. The fraction of sp³-hybridized carbons (Fsp3) is 0.0833. The van der Waals surface area contributed by atoms with Crippen molar-refractivity contribution in [3.05, 3.63) is 100 Å². The zero-order valence-electron chi connectivity index (χ0n) is 17.2. The van der Waals surface area contributed by atoms with Crippen LogP contribution in [0.4, 0.5) is 0 Å². The first-order chi connectivity index (χ1) is 15.4. The number of hydrogen-bond donors (Lipinski definition) is 2. The molecule has 0 bridgehead atoms. The second-order valence-corrected chi connectivity index (χ2v) is 7.21. The van der Waals surface area contributed by atoms with Gasteiger partial charge in [-0.3, -0.25) is 9.59 Å². The average molecular weight is 450 g/mol. The van der Waals surface area contributed by atoms with E-state index in [1.165, 1.54) is 6.21 Å².